The van der Waals surface area contributed by atoms with Crippen LogP contribution in [0.3, 0.4) is 0 Å². The molecule has 0 aliphatic carbocycles. The van der Waals surface area contributed by atoms with Gasteiger partial charge in [-0.05, 0) is 48.9 Å². The number of hydrogen-bond acceptors (Lipinski definition) is 1. The molecule has 0 aliphatic heterocycles. The van der Waals surface area contributed by atoms with Crippen LogP contribution in [0.4, 0.5) is 19.3 Å². The molecule has 5 heteroatoms. The minimum absolute atomic E-state index is 0.307. The van der Waals surface area contributed by atoms with E-state index in [1.807, 2.05) is 6.92 Å². The van der Waals surface area contributed by atoms with Crippen molar-refractivity contribution in [1.82, 2.24) is 4.90 Å². The Balaban J connectivity index is 2.03. The van der Waals surface area contributed by atoms with E-state index in [-0.39, 0.29) is 17.7 Å². The quantitative estimate of drug-likeness (QED) is 0.906. The highest BCUT2D eigenvalue weighted by atomic mass is 19.1. The number of nitrogens with one attached hydrogen (secondary N) is 1. The van der Waals surface area contributed by atoms with Crippen LogP contribution in [-0.2, 0) is 6.54 Å². The number of nitrogens with zero attached hydrogens (tertiary/aromatic N) is 1. The summed E-state index contributed by atoms with van der Waals surface area (Å²) in [6.07, 6.45) is 0. The molecule has 0 aliphatic rings. The van der Waals surface area contributed by atoms with E-state index in [1.54, 1.807) is 12.1 Å². The zero-order chi connectivity index (χ0) is 15.2. The second kappa shape index (κ2) is 6.83. The largest absolute Gasteiger partial charge is 0.322 e. The Morgan fingerprint density at radius 3 is 2.43 bits per heavy atom. The van der Waals surface area contributed by atoms with E-state index in [2.05, 4.69) is 5.32 Å². The van der Waals surface area contributed by atoms with Gasteiger partial charge in [-0.1, -0.05) is 12.1 Å². The third-order valence-corrected chi connectivity index (χ3v) is 3.03. The number of urea groups is 1. The standard InChI is InChI=1S/C16H16F2N2O/c1-2-20(11-12-4-3-5-14(18)10-12)16(21)19-15-8-6-13(17)7-9-15/h3-10H,2,11H2,1H3,(H,19,21). The number of benzene rings is 2. The van der Waals surface area contributed by atoms with Crippen LogP contribution < -0.4 is 5.32 Å². The fraction of sp³-hybridized carbons (Fsp3) is 0.188. The Bertz CT molecular complexity index is 614. The summed E-state index contributed by atoms with van der Waals surface area (Å²) in [5.41, 5.74) is 1.23. The number of anilines is 1. The monoisotopic (exact) mass is 290 g/mol. The molecule has 0 fully saturated rings. The Labute approximate surface area is 122 Å². The highest BCUT2D eigenvalue weighted by Crippen LogP contribution is 2.12. The van der Waals surface area contributed by atoms with Crippen LogP contribution in [0.5, 0.6) is 0 Å². The predicted octanol–water partition coefficient (Wildman–Crippen LogP) is 4.02. The molecule has 0 aromatic heterocycles. The molecule has 0 saturated heterocycles. The Kier molecular flexibility index (Phi) is 4.87. The number of halogens is 2. The van der Waals surface area contributed by atoms with Crippen molar-refractivity contribution in [3.05, 3.63) is 65.7 Å². The summed E-state index contributed by atoms with van der Waals surface area (Å²) in [4.78, 5) is 13.7. The molecule has 0 atom stereocenters. The van der Waals surface area contributed by atoms with Crippen LogP contribution in [0.25, 0.3) is 0 Å². The van der Waals surface area contributed by atoms with Crippen LogP contribution in [0.2, 0.25) is 0 Å². The molecule has 2 aromatic rings. The zero-order valence-electron chi connectivity index (χ0n) is 11.6. The van der Waals surface area contributed by atoms with Crippen LogP contribution in [0.1, 0.15) is 12.5 Å². The zero-order valence-corrected chi connectivity index (χ0v) is 11.6. The first kappa shape index (κ1) is 15.0. The average molecular weight is 290 g/mol. The summed E-state index contributed by atoms with van der Waals surface area (Å²) in [6.45, 7) is 2.62. The van der Waals surface area contributed by atoms with Gasteiger partial charge in [0.2, 0.25) is 0 Å². The van der Waals surface area contributed by atoms with Crippen LogP contribution >= 0.6 is 0 Å². The third kappa shape index (κ3) is 4.27. The fourth-order valence-corrected chi connectivity index (χ4v) is 1.92. The molecule has 0 unspecified atom stereocenters. The molecule has 2 amide bonds. The lowest BCUT2D eigenvalue weighted by Gasteiger charge is -2.21. The molecule has 0 spiro atoms. The van der Waals surface area contributed by atoms with Gasteiger partial charge in [-0.3, -0.25) is 0 Å². The maximum absolute atomic E-state index is 13.2. The Morgan fingerprint density at radius 1 is 1.10 bits per heavy atom. The first-order valence-corrected chi connectivity index (χ1v) is 6.64. The first-order chi connectivity index (χ1) is 10.1. The second-order valence-corrected chi connectivity index (χ2v) is 4.58. The SMILES string of the molecule is CCN(Cc1cccc(F)c1)C(=O)Nc1ccc(F)cc1. The highest BCUT2D eigenvalue weighted by Gasteiger charge is 2.12. The van der Waals surface area contributed by atoms with Crippen molar-refractivity contribution >= 4 is 11.7 Å². The maximum atomic E-state index is 13.2. The normalized spacial score (nSPS) is 10.2. The molecule has 110 valence electrons. The fourth-order valence-electron chi connectivity index (χ4n) is 1.92. The van der Waals surface area contributed by atoms with E-state index in [0.717, 1.165) is 0 Å². The van der Waals surface area contributed by atoms with Crippen molar-refractivity contribution in [2.45, 2.75) is 13.5 Å². The maximum Gasteiger partial charge on any atom is 0.322 e. The van der Waals surface area contributed by atoms with Crippen molar-refractivity contribution in [2.75, 3.05) is 11.9 Å². The van der Waals surface area contributed by atoms with Crippen molar-refractivity contribution in [3.63, 3.8) is 0 Å². The molecular formula is C16H16F2N2O. The van der Waals surface area contributed by atoms with Gasteiger partial charge in [0, 0.05) is 18.8 Å². The van der Waals surface area contributed by atoms with Gasteiger partial charge in [0.05, 0.1) is 0 Å². The van der Waals surface area contributed by atoms with Gasteiger partial charge >= 0.3 is 6.03 Å². The number of amides is 2. The smallest absolute Gasteiger partial charge is 0.320 e. The number of rotatable bonds is 4. The first-order valence-electron chi connectivity index (χ1n) is 6.64. The van der Waals surface area contributed by atoms with Crippen molar-refractivity contribution in [3.8, 4) is 0 Å². The topological polar surface area (TPSA) is 32.3 Å². The van der Waals surface area contributed by atoms with Gasteiger partial charge in [0.25, 0.3) is 0 Å². The van der Waals surface area contributed by atoms with E-state index in [9.17, 15) is 13.6 Å². The molecule has 0 saturated carbocycles. The lowest BCUT2D eigenvalue weighted by Crippen LogP contribution is -2.34. The molecule has 0 bridgehead atoms. The van der Waals surface area contributed by atoms with Crippen LogP contribution in [0.15, 0.2) is 48.5 Å². The lowest BCUT2D eigenvalue weighted by atomic mass is 10.2. The molecule has 0 heterocycles. The number of carbonyl (C=O) groups is 1. The predicted molar refractivity (Wildman–Crippen MR) is 77.9 cm³/mol. The van der Waals surface area contributed by atoms with Crippen molar-refractivity contribution in [2.24, 2.45) is 0 Å². The summed E-state index contributed by atoms with van der Waals surface area (Å²) in [5.74, 6) is -0.692. The number of hydrogen-bond donors (Lipinski definition) is 1. The summed E-state index contributed by atoms with van der Waals surface area (Å²) < 4.78 is 26.0. The molecular weight excluding hydrogens is 274 g/mol. The molecule has 3 nitrogen and oxygen atoms in total. The van der Waals surface area contributed by atoms with Gasteiger partial charge in [0.15, 0.2) is 0 Å². The van der Waals surface area contributed by atoms with E-state index in [1.165, 1.54) is 41.3 Å². The summed E-state index contributed by atoms with van der Waals surface area (Å²) in [5, 5.41) is 2.68. The Morgan fingerprint density at radius 2 is 1.81 bits per heavy atom. The van der Waals surface area contributed by atoms with E-state index in [4.69, 9.17) is 0 Å². The average Bonchev–Trinajstić information content (AvgIpc) is 2.47. The lowest BCUT2D eigenvalue weighted by molar-refractivity contribution is 0.212. The molecule has 2 rings (SSSR count). The highest BCUT2D eigenvalue weighted by molar-refractivity contribution is 5.89. The molecule has 21 heavy (non-hydrogen) atoms. The van der Waals surface area contributed by atoms with Gasteiger partial charge in [-0.25, -0.2) is 13.6 Å². The second-order valence-electron chi connectivity index (χ2n) is 4.58. The van der Waals surface area contributed by atoms with Gasteiger partial charge in [-0.2, -0.15) is 0 Å². The Hall–Kier alpha value is -2.43. The third-order valence-electron chi connectivity index (χ3n) is 3.03. The summed E-state index contributed by atoms with van der Waals surface area (Å²) in [6, 6.07) is 11.3. The number of carbonyl (C=O) groups excluding carboxylic acids is 1. The van der Waals surface area contributed by atoms with E-state index < -0.39 is 0 Å². The van der Waals surface area contributed by atoms with E-state index in [0.29, 0.717) is 24.3 Å². The van der Waals surface area contributed by atoms with Crippen molar-refractivity contribution < 1.29 is 13.6 Å². The summed E-state index contributed by atoms with van der Waals surface area (Å²) >= 11 is 0. The van der Waals surface area contributed by atoms with Gasteiger partial charge in [-0.15, -0.1) is 0 Å². The minimum Gasteiger partial charge on any atom is -0.320 e. The van der Waals surface area contributed by atoms with E-state index >= 15 is 0 Å². The summed E-state index contributed by atoms with van der Waals surface area (Å²) in [7, 11) is 0. The molecule has 2 aromatic carbocycles. The van der Waals surface area contributed by atoms with Gasteiger partial charge < -0.3 is 10.2 Å². The van der Waals surface area contributed by atoms with Crippen molar-refractivity contribution in [1.29, 1.82) is 0 Å². The van der Waals surface area contributed by atoms with Gasteiger partial charge in [0.1, 0.15) is 11.6 Å². The van der Waals surface area contributed by atoms with Crippen LogP contribution in [-0.4, -0.2) is 17.5 Å². The molecule has 1 N–H and O–H groups in total. The van der Waals surface area contributed by atoms with Crippen LogP contribution in [0, 0.1) is 11.6 Å². The molecule has 0 radical (unpaired) electrons. The minimum atomic E-state index is -0.361.